The Hall–Kier alpha value is -1.17. The molecular formula is C17H30Cl2N4O. The Labute approximate surface area is 157 Å². The molecule has 0 saturated carbocycles. The number of guanidine groups is 1. The van der Waals surface area contributed by atoms with Crippen LogP contribution in [-0.4, -0.2) is 37.7 Å². The molecule has 0 fully saturated rings. The van der Waals surface area contributed by atoms with Gasteiger partial charge in [0.2, 0.25) is 0 Å². The number of benzene rings is 1. The Morgan fingerprint density at radius 1 is 1.25 bits per heavy atom. The molecule has 0 bridgehead atoms. The van der Waals surface area contributed by atoms with E-state index in [9.17, 15) is 0 Å². The second-order valence-corrected chi connectivity index (χ2v) is 6.04. The van der Waals surface area contributed by atoms with Crippen LogP contribution in [0.4, 0.5) is 0 Å². The maximum atomic E-state index is 7.67. The summed E-state index contributed by atoms with van der Waals surface area (Å²) in [7, 11) is 0. The molecule has 0 amide bonds. The van der Waals surface area contributed by atoms with Crippen molar-refractivity contribution in [1.82, 2.24) is 16.0 Å². The number of para-hydroxylation sites is 1. The highest BCUT2D eigenvalue weighted by atomic mass is 35.5. The van der Waals surface area contributed by atoms with Gasteiger partial charge in [-0.3, -0.25) is 5.41 Å². The summed E-state index contributed by atoms with van der Waals surface area (Å²) in [4.78, 5) is 0. The molecule has 0 radical (unpaired) electrons. The quantitative estimate of drug-likeness (QED) is 0.335. The fraction of sp³-hybridized carbons (Fsp3) is 0.588. The molecule has 1 atom stereocenters. The Balaban J connectivity index is 0.00000264. The lowest BCUT2D eigenvalue weighted by molar-refractivity contribution is 0.170. The lowest BCUT2D eigenvalue weighted by atomic mass is 10.0. The molecule has 1 aromatic carbocycles. The SMILES string of the molecule is CC(C)NC(=N)NCCCNCC1CCc2ccccc2O1.Cl.Cl. The van der Waals surface area contributed by atoms with Gasteiger partial charge in [0.25, 0.3) is 0 Å². The van der Waals surface area contributed by atoms with Gasteiger partial charge in [0.15, 0.2) is 5.96 Å². The van der Waals surface area contributed by atoms with Gasteiger partial charge in [0, 0.05) is 19.1 Å². The van der Waals surface area contributed by atoms with E-state index in [0.717, 1.165) is 44.6 Å². The molecule has 0 aromatic heterocycles. The topological polar surface area (TPSA) is 69.2 Å². The van der Waals surface area contributed by atoms with Gasteiger partial charge < -0.3 is 20.7 Å². The summed E-state index contributed by atoms with van der Waals surface area (Å²) in [5.74, 6) is 1.44. The van der Waals surface area contributed by atoms with Crippen molar-refractivity contribution in [2.75, 3.05) is 19.6 Å². The highest BCUT2D eigenvalue weighted by molar-refractivity contribution is 5.85. The van der Waals surface area contributed by atoms with Gasteiger partial charge in [-0.05, 0) is 51.3 Å². The maximum absolute atomic E-state index is 7.67. The molecule has 0 spiro atoms. The number of halogens is 2. The Kier molecular flexibility index (Phi) is 11.6. The number of nitrogens with one attached hydrogen (secondary N) is 4. The van der Waals surface area contributed by atoms with Crippen LogP contribution in [0, 0.1) is 5.41 Å². The second kappa shape index (κ2) is 12.2. The fourth-order valence-electron chi connectivity index (χ4n) is 2.55. The van der Waals surface area contributed by atoms with Crippen molar-refractivity contribution in [3.8, 4) is 5.75 Å². The van der Waals surface area contributed by atoms with Gasteiger partial charge in [0.1, 0.15) is 11.9 Å². The zero-order chi connectivity index (χ0) is 15.8. The number of aryl methyl sites for hydroxylation is 1. The van der Waals surface area contributed by atoms with Crippen LogP contribution in [0.1, 0.15) is 32.3 Å². The molecule has 24 heavy (non-hydrogen) atoms. The zero-order valence-corrected chi connectivity index (χ0v) is 16.1. The average Bonchev–Trinajstić information content (AvgIpc) is 2.50. The van der Waals surface area contributed by atoms with E-state index >= 15 is 0 Å². The Bertz CT molecular complexity index is 485. The minimum atomic E-state index is 0. The van der Waals surface area contributed by atoms with E-state index in [2.05, 4.69) is 34.1 Å². The lowest BCUT2D eigenvalue weighted by Gasteiger charge is -2.26. The molecule has 1 aliphatic rings. The van der Waals surface area contributed by atoms with E-state index in [1.165, 1.54) is 5.56 Å². The molecular weight excluding hydrogens is 347 g/mol. The molecule has 1 aromatic rings. The van der Waals surface area contributed by atoms with E-state index in [1.54, 1.807) is 0 Å². The Morgan fingerprint density at radius 2 is 2.00 bits per heavy atom. The summed E-state index contributed by atoms with van der Waals surface area (Å²) in [5, 5.41) is 17.2. The Morgan fingerprint density at radius 3 is 2.75 bits per heavy atom. The standard InChI is InChI=1S/C17H28N4O.2ClH/c1-13(2)21-17(18)20-11-5-10-19-12-15-9-8-14-6-3-4-7-16(14)22-15;;/h3-4,6-7,13,15,19H,5,8-12H2,1-2H3,(H3,18,20,21);2*1H. The third-order valence-electron chi connectivity index (χ3n) is 3.64. The first-order chi connectivity index (χ1) is 10.6. The smallest absolute Gasteiger partial charge is 0.188 e. The third-order valence-corrected chi connectivity index (χ3v) is 3.64. The monoisotopic (exact) mass is 376 g/mol. The predicted octanol–water partition coefficient (Wildman–Crippen LogP) is 2.73. The average molecular weight is 377 g/mol. The highest BCUT2D eigenvalue weighted by Gasteiger charge is 2.18. The molecule has 1 unspecified atom stereocenters. The summed E-state index contributed by atoms with van der Waals surface area (Å²) in [6, 6.07) is 8.59. The first-order valence-electron chi connectivity index (χ1n) is 8.19. The lowest BCUT2D eigenvalue weighted by Crippen LogP contribution is -2.41. The molecule has 1 aliphatic heterocycles. The summed E-state index contributed by atoms with van der Waals surface area (Å²) >= 11 is 0. The first-order valence-corrected chi connectivity index (χ1v) is 8.19. The van der Waals surface area contributed by atoms with Crippen LogP contribution in [0.3, 0.4) is 0 Å². The summed E-state index contributed by atoms with van der Waals surface area (Å²) < 4.78 is 6.00. The molecule has 138 valence electrons. The van der Waals surface area contributed by atoms with Crippen molar-refractivity contribution >= 4 is 30.8 Å². The fourth-order valence-corrected chi connectivity index (χ4v) is 2.55. The van der Waals surface area contributed by atoms with Gasteiger partial charge in [0.05, 0.1) is 0 Å². The predicted molar refractivity (Wildman–Crippen MR) is 105 cm³/mol. The van der Waals surface area contributed by atoms with Crippen molar-refractivity contribution < 1.29 is 4.74 Å². The van der Waals surface area contributed by atoms with Crippen molar-refractivity contribution in [3.63, 3.8) is 0 Å². The first kappa shape index (κ1) is 22.8. The van der Waals surface area contributed by atoms with Crippen LogP contribution in [0.25, 0.3) is 0 Å². The minimum absolute atomic E-state index is 0. The molecule has 7 heteroatoms. The molecule has 2 rings (SSSR count). The molecule has 5 nitrogen and oxygen atoms in total. The zero-order valence-electron chi connectivity index (χ0n) is 14.4. The van der Waals surface area contributed by atoms with Gasteiger partial charge in [-0.15, -0.1) is 24.8 Å². The normalized spacial score (nSPS) is 15.4. The van der Waals surface area contributed by atoms with Crippen LogP contribution in [0.15, 0.2) is 24.3 Å². The highest BCUT2D eigenvalue weighted by Crippen LogP contribution is 2.26. The summed E-state index contributed by atoms with van der Waals surface area (Å²) in [6.45, 7) is 6.68. The molecule has 1 heterocycles. The maximum Gasteiger partial charge on any atom is 0.188 e. The van der Waals surface area contributed by atoms with E-state index in [4.69, 9.17) is 10.1 Å². The third kappa shape index (κ3) is 8.08. The van der Waals surface area contributed by atoms with Gasteiger partial charge in [-0.25, -0.2) is 0 Å². The van der Waals surface area contributed by atoms with Crippen LogP contribution < -0.4 is 20.7 Å². The van der Waals surface area contributed by atoms with Crippen molar-refractivity contribution in [3.05, 3.63) is 29.8 Å². The van der Waals surface area contributed by atoms with Crippen molar-refractivity contribution in [2.24, 2.45) is 0 Å². The van der Waals surface area contributed by atoms with Crippen LogP contribution in [0.2, 0.25) is 0 Å². The van der Waals surface area contributed by atoms with Crippen molar-refractivity contribution in [1.29, 1.82) is 5.41 Å². The number of rotatable bonds is 7. The minimum Gasteiger partial charge on any atom is -0.489 e. The van der Waals surface area contributed by atoms with Gasteiger partial charge in [-0.1, -0.05) is 18.2 Å². The number of ether oxygens (including phenoxy) is 1. The van der Waals surface area contributed by atoms with Gasteiger partial charge in [-0.2, -0.15) is 0 Å². The van der Waals surface area contributed by atoms with Crippen molar-refractivity contribution in [2.45, 2.75) is 45.3 Å². The molecule has 0 saturated heterocycles. The summed E-state index contributed by atoms with van der Waals surface area (Å²) in [6.07, 6.45) is 3.43. The largest absolute Gasteiger partial charge is 0.489 e. The number of hydrogen-bond acceptors (Lipinski definition) is 3. The van der Waals surface area contributed by atoms with Crippen LogP contribution in [-0.2, 0) is 6.42 Å². The number of hydrogen-bond donors (Lipinski definition) is 4. The van der Waals surface area contributed by atoms with E-state index in [1.807, 2.05) is 19.9 Å². The van der Waals surface area contributed by atoms with E-state index in [0.29, 0.717) is 12.0 Å². The van der Waals surface area contributed by atoms with Crippen LogP contribution in [0.5, 0.6) is 5.75 Å². The van der Waals surface area contributed by atoms with Gasteiger partial charge >= 0.3 is 0 Å². The second-order valence-electron chi connectivity index (χ2n) is 6.04. The van der Waals surface area contributed by atoms with E-state index in [-0.39, 0.29) is 30.9 Å². The summed E-state index contributed by atoms with van der Waals surface area (Å²) in [5.41, 5.74) is 1.32. The molecule has 4 N–H and O–H groups in total. The van der Waals surface area contributed by atoms with E-state index < -0.39 is 0 Å². The molecule has 0 aliphatic carbocycles. The van der Waals surface area contributed by atoms with Crippen LogP contribution >= 0.6 is 24.8 Å². The number of fused-ring (bicyclic) bond motifs is 1.